The first-order valence-electron chi connectivity index (χ1n) is 9.30. The van der Waals surface area contributed by atoms with Gasteiger partial charge in [0.1, 0.15) is 0 Å². The quantitative estimate of drug-likeness (QED) is 0.833. The van der Waals surface area contributed by atoms with Gasteiger partial charge in [0.2, 0.25) is 0 Å². The van der Waals surface area contributed by atoms with Crippen LogP contribution in [0.3, 0.4) is 0 Å². The maximum Gasteiger partial charge on any atom is 0.251 e. The van der Waals surface area contributed by atoms with Crippen LogP contribution in [0.15, 0.2) is 30.5 Å². The summed E-state index contributed by atoms with van der Waals surface area (Å²) in [6, 6.07) is 7.83. The first-order chi connectivity index (χ1) is 12.3. The summed E-state index contributed by atoms with van der Waals surface area (Å²) in [7, 11) is 0. The van der Waals surface area contributed by atoms with Crippen molar-refractivity contribution < 1.29 is 9.90 Å². The van der Waals surface area contributed by atoms with E-state index in [9.17, 15) is 9.90 Å². The van der Waals surface area contributed by atoms with Crippen molar-refractivity contribution in [2.45, 2.75) is 64.6 Å². The lowest BCUT2D eigenvalue weighted by Gasteiger charge is -2.21. The minimum absolute atomic E-state index is 0.00121. The molecular formula is C20H28N4O2. The van der Waals surface area contributed by atoms with E-state index in [-0.39, 0.29) is 11.9 Å². The summed E-state index contributed by atoms with van der Waals surface area (Å²) in [5.74, 6) is 0.348. The van der Waals surface area contributed by atoms with Crippen molar-refractivity contribution in [1.29, 1.82) is 0 Å². The van der Waals surface area contributed by atoms with Crippen molar-refractivity contribution in [2.24, 2.45) is 5.92 Å². The highest BCUT2D eigenvalue weighted by atomic mass is 16.3. The first kappa shape index (κ1) is 18.6. The number of amides is 1. The molecule has 6 heteroatoms. The number of hydrogen-bond donors (Lipinski definition) is 2. The fraction of sp³-hybridized carbons (Fsp3) is 0.550. The van der Waals surface area contributed by atoms with E-state index in [0.29, 0.717) is 12.3 Å². The van der Waals surface area contributed by atoms with Crippen LogP contribution < -0.4 is 5.32 Å². The molecule has 2 atom stereocenters. The third-order valence-electron chi connectivity index (χ3n) is 4.99. The van der Waals surface area contributed by atoms with Crippen LogP contribution in [-0.4, -0.2) is 37.7 Å². The molecule has 1 saturated carbocycles. The highest BCUT2D eigenvalue weighted by molar-refractivity contribution is 5.95. The molecule has 1 aliphatic carbocycles. The van der Waals surface area contributed by atoms with Crippen LogP contribution in [0.25, 0.3) is 0 Å². The van der Waals surface area contributed by atoms with Crippen LogP contribution in [0.1, 0.15) is 54.7 Å². The third kappa shape index (κ3) is 4.69. The molecule has 0 spiro atoms. The summed E-state index contributed by atoms with van der Waals surface area (Å²) in [6.45, 7) is 6.22. The van der Waals surface area contributed by atoms with Crippen LogP contribution in [0.2, 0.25) is 0 Å². The van der Waals surface area contributed by atoms with Crippen molar-refractivity contribution >= 4 is 5.91 Å². The maximum atomic E-state index is 12.6. The molecule has 0 bridgehead atoms. The zero-order valence-corrected chi connectivity index (χ0v) is 15.8. The SMILES string of the molecule is Cc1ccccc1C(=O)N[C@@H]1CCC[C@@H]1Cn1cc(CC(C)(C)O)nn1. The molecule has 1 amide bonds. The average molecular weight is 356 g/mol. The maximum absolute atomic E-state index is 12.6. The van der Waals surface area contributed by atoms with E-state index in [4.69, 9.17) is 0 Å². The van der Waals surface area contributed by atoms with Gasteiger partial charge in [-0.25, -0.2) is 0 Å². The van der Waals surface area contributed by atoms with E-state index in [1.165, 1.54) is 0 Å². The molecule has 3 rings (SSSR count). The van der Waals surface area contributed by atoms with E-state index in [1.807, 2.05) is 42.1 Å². The Hall–Kier alpha value is -2.21. The number of carbonyl (C=O) groups excluding carboxylic acids is 1. The summed E-state index contributed by atoms with van der Waals surface area (Å²) in [5, 5.41) is 21.5. The molecule has 0 unspecified atom stereocenters. The van der Waals surface area contributed by atoms with Gasteiger partial charge in [0.15, 0.2) is 0 Å². The predicted octanol–water partition coefficient (Wildman–Crippen LogP) is 2.50. The minimum Gasteiger partial charge on any atom is -0.390 e. The lowest BCUT2D eigenvalue weighted by Crippen LogP contribution is -2.39. The molecule has 0 saturated heterocycles. The number of carbonyl (C=O) groups is 1. The number of rotatable bonds is 6. The number of aromatic nitrogens is 3. The Labute approximate surface area is 154 Å². The van der Waals surface area contributed by atoms with Crippen LogP contribution in [0.4, 0.5) is 0 Å². The third-order valence-corrected chi connectivity index (χ3v) is 4.99. The molecule has 0 radical (unpaired) electrons. The number of nitrogens with one attached hydrogen (secondary N) is 1. The summed E-state index contributed by atoms with van der Waals surface area (Å²) >= 11 is 0. The molecule has 0 aliphatic heterocycles. The van der Waals surface area contributed by atoms with Crippen molar-refractivity contribution in [3.63, 3.8) is 0 Å². The van der Waals surface area contributed by atoms with Crippen LogP contribution in [-0.2, 0) is 13.0 Å². The van der Waals surface area contributed by atoms with Gasteiger partial charge in [0.05, 0.1) is 11.3 Å². The molecule has 2 aromatic rings. The summed E-state index contributed by atoms with van der Waals surface area (Å²) in [6.07, 6.45) is 5.54. The smallest absolute Gasteiger partial charge is 0.251 e. The van der Waals surface area contributed by atoms with Crippen molar-refractivity contribution in [2.75, 3.05) is 0 Å². The number of aryl methyl sites for hydroxylation is 1. The minimum atomic E-state index is -0.793. The van der Waals surface area contributed by atoms with Gasteiger partial charge in [-0.2, -0.15) is 0 Å². The average Bonchev–Trinajstić information content (AvgIpc) is 3.16. The van der Waals surface area contributed by atoms with Gasteiger partial charge in [-0.15, -0.1) is 5.10 Å². The van der Waals surface area contributed by atoms with Gasteiger partial charge >= 0.3 is 0 Å². The van der Waals surface area contributed by atoms with E-state index in [1.54, 1.807) is 13.8 Å². The Kier molecular flexibility index (Phi) is 5.41. The molecule has 1 aliphatic rings. The normalized spacial score (nSPS) is 20.3. The molecule has 1 aromatic heterocycles. The Morgan fingerprint density at radius 2 is 2.12 bits per heavy atom. The van der Waals surface area contributed by atoms with Gasteiger partial charge in [-0.05, 0) is 51.2 Å². The van der Waals surface area contributed by atoms with Gasteiger partial charge in [0, 0.05) is 30.8 Å². The lowest BCUT2D eigenvalue weighted by atomic mass is 10.0. The first-order valence-corrected chi connectivity index (χ1v) is 9.30. The summed E-state index contributed by atoms with van der Waals surface area (Å²) < 4.78 is 1.84. The second-order valence-corrected chi connectivity index (χ2v) is 8.01. The lowest BCUT2D eigenvalue weighted by molar-refractivity contribution is 0.0798. The molecule has 2 N–H and O–H groups in total. The number of aliphatic hydroxyl groups is 1. The summed E-state index contributed by atoms with van der Waals surface area (Å²) in [4.78, 5) is 12.6. The van der Waals surface area contributed by atoms with Gasteiger partial charge in [-0.3, -0.25) is 9.48 Å². The van der Waals surface area contributed by atoms with Crippen molar-refractivity contribution in [3.8, 4) is 0 Å². The van der Waals surface area contributed by atoms with E-state index >= 15 is 0 Å². The highest BCUT2D eigenvalue weighted by Gasteiger charge is 2.30. The molecule has 6 nitrogen and oxygen atoms in total. The number of hydrogen-bond acceptors (Lipinski definition) is 4. The van der Waals surface area contributed by atoms with Crippen molar-refractivity contribution in [1.82, 2.24) is 20.3 Å². The fourth-order valence-electron chi connectivity index (χ4n) is 3.71. The summed E-state index contributed by atoms with van der Waals surface area (Å²) in [5.41, 5.74) is 1.73. The van der Waals surface area contributed by atoms with Gasteiger partial charge in [-0.1, -0.05) is 29.8 Å². The zero-order valence-electron chi connectivity index (χ0n) is 15.8. The Balaban J connectivity index is 1.62. The molecule has 140 valence electrons. The molecular weight excluding hydrogens is 328 g/mol. The van der Waals surface area contributed by atoms with Gasteiger partial charge < -0.3 is 10.4 Å². The fourth-order valence-corrected chi connectivity index (χ4v) is 3.71. The standard InChI is InChI=1S/C20H28N4O2/c1-14-7-4-5-9-17(14)19(25)21-18-10-6-8-15(18)12-24-13-16(22-23-24)11-20(2,3)26/h4-5,7,9,13,15,18,26H,6,8,10-12H2,1-3H3,(H,21,25)/t15-,18-/m1/s1. The predicted molar refractivity (Wildman–Crippen MR) is 99.8 cm³/mol. The molecule has 1 heterocycles. The van der Waals surface area contributed by atoms with Crippen LogP contribution in [0.5, 0.6) is 0 Å². The second-order valence-electron chi connectivity index (χ2n) is 8.01. The second kappa shape index (κ2) is 7.58. The highest BCUT2D eigenvalue weighted by Crippen LogP contribution is 2.27. The van der Waals surface area contributed by atoms with E-state index < -0.39 is 5.60 Å². The largest absolute Gasteiger partial charge is 0.390 e. The monoisotopic (exact) mass is 356 g/mol. The topological polar surface area (TPSA) is 80.0 Å². The van der Waals surface area contributed by atoms with Crippen LogP contribution in [0, 0.1) is 12.8 Å². The number of benzene rings is 1. The molecule has 26 heavy (non-hydrogen) atoms. The van der Waals surface area contributed by atoms with Crippen LogP contribution >= 0.6 is 0 Å². The Morgan fingerprint density at radius 1 is 1.35 bits per heavy atom. The molecule has 1 aromatic carbocycles. The Bertz CT molecular complexity index is 763. The van der Waals surface area contributed by atoms with E-state index in [0.717, 1.165) is 42.6 Å². The number of nitrogens with zero attached hydrogens (tertiary/aromatic N) is 3. The van der Waals surface area contributed by atoms with E-state index in [2.05, 4.69) is 15.6 Å². The zero-order chi connectivity index (χ0) is 18.7. The van der Waals surface area contributed by atoms with Crippen molar-refractivity contribution in [3.05, 3.63) is 47.3 Å². The Morgan fingerprint density at radius 3 is 2.85 bits per heavy atom. The molecule has 1 fully saturated rings. The van der Waals surface area contributed by atoms with Gasteiger partial charge in [0.25, 0.3) is 5.91 Å².